The highest BCUT2D eigenvalue weighted by Gasteiger charge is 2.23. The van der Waals surface area contributed by atoms with Crippen LogP contribution < -0.4 is 16.0 Å². The Bertz CT molecular complexity index is 776. The smallest absolute Gasteiger partial charge is 0.319 e. The van der Waals surface area contributed by atoms with Crippen molar-refractivity contribution in [3.8, 4) is 0 Å². The molecule has 0 unspecified atom stereocenters. The SMILES string of the molecule is O=C(Nc1ccc(NC(=O)c2ccc(Cl)cc2I)cc1)NC1CC1. The minimum Gasteiger partial charge on any atom is -0.335 e. The molecule has 3 N–H and O–H groups in total. The van der Waals surface area contributed by atoms with Gasteiger partial charge in [0.05, 0.1) is 5.56 Å². The maximum atomic E-state index is 12.3. The molecule has 24 heavy (non-hydrogen) atoms. The molecular weight excluding hydrogens is 441 g/mol. The Morgan fingerprint density at radius 3 is 2.21 bits per heavy atom. The third kappa shape index (κ3) is 4.61. The van der Waals surface area contributed by atoms with Gasteiger partial charge in [-0.2, -0.15) is 0 Å². The topological polar surface area (TPSA) is 70.2 Å². The van der Waals surface area contributed by atoms with E-state index in [2.05, 4.69) is 38.5 Å². The van der Waals surface area contributed by atoms with Crippen LogP contribution in [0.15, 0.2) is 42.5 Å². The summed E-state index contributed by atoms with van der Waals surface area (Å²) in [7, 11) is 0. The van der Waals surface area contributed by atoms with Gasteiger partial charge in [0.25, 0.3) is 5.91 Å². The van der Waals surface area contributed by atoms with Crippen molar-refractivity contribution in [3.05, 3.63) is 56.6 Å². The largest absolute Gasteiger partial charge is 0.335 e. The molecule has 2 aromatic carbocycles. The number of halogens is 2. The molecule has 5 nitrogen and oxygen atoms in total. The van der Waals surface area contributed by atoms with Crippen LogP contribution in [0.2, 0.25) is 5.02 Å². The average molecular weight is 456 g/mol. The Balaban J connectivity index is 1.60. The zero-order chi connectivity index (χ0) is 17.1. The van der Waals surface area contributed by atoms with Crippen molar-refractivity contribution < 1.29 is 9.59 Å². The monoisotopic (exact) mass is 455 g/mol. The molecule has 0 atom stereocenters. The third-order valence-electron chi connectivity index (χ3n) is 3.49. The van der Waals surface area contributed by atoms with Crippen LogP contribution >= 0.6 is 34.2 Å². The number of nitrogens with one attached hydrogen (secondary N) is 3. The van der Waals surface area contributed by atoms with Gasteiger partial charge >= 0.3 is 6.03 Å². The van der Waals surface area contributed by atoms with Crippen molar-refractivity contribution in [2.24, 2.45) is 0 Å². The summed E-state index contributed by atoms with van der Waals surface area (Å²) in [5.74, 6) is -0.205. The number of rotatable bonds is 4. The van der Waals surface area contributed by atoms with E-state index in [-0.39, 0.29) is 11.9 Å². The number of benzene rings is 2. The highest BCUT2D eigenvalue weighted by molar-refractivity contribution is 14.1. The predicted octanol–water partition coefficient (Wildman–Crippen LogP) is 4.48. The summed E-state index contributed by atoms with van der Waals surface area (Å²) in [4.78, 5) is 24.0. The minimum absolute atomic E-state index is 0.204. The van der Waals surface area contributed by atoms with E-state index >= 15 is 0 Å². The summed E-state index contributed by atoms with van der Waals surface area (Å²) in [6.07, 6.45) is 2.09. The lowest BCUT2D eigenvalue weighted by molar-refractivity contribution is 0.102. The number of hydrogen-bond acceptors (Lipinski definition) is 2. The Morgan fingerprint density at radius 1 is 1.00 bits per heavy atom. The van der Waals surface area contributed by atoms with Gasteiger partial charge in [0.1, 0.15) is 0 Å². The van der Waals surface area contributed by atoms with Gasteiger partial charge in [-0.3, -0.25) is 4.79 Å². The fourth-order valence-electron chi connectivity index (χ4n) is 2.09. The van der Waals surface area contributed by atoms with Crippen LogP contribution in [0, 0.1) is 3.57 Å². The number of carbonyl (C=O) groups excluding carboxylic acids is 2. The van der Waals surface area contributed by atoms with Crippen LogP contribution in [0.5, 0.6) is 0 Å². The summed E-state index contributed by atoms with van der Waals surface area (Å²) < 4.78 is 0.785. The number of urea groups is 1. The fourth-order valence-corrected chi connectivity index (χ4v) is 3.21. The number of amides is 3. The second-order valence-corrected chi connectivity index (χ2v) is 7.13. The number of hydrogen-bond donors (Lipinski definition) is 3. The van der Waals surface area contributed by atoms with Crippen molar-refractivity contribution in [2.45, 2.75) is 18.9 Å². The zero-order valence-corrected chi connectivity index (χ0v) is 15.5. The van der Waals surface area contributed by atoms with Crippen LogP contribution in [0.25, 0.3) is 0 Å². The molecule has 0 heterocycles. The van der Waals surface area contributed by atoms with E-state index in [1.165, 1.54) is 0 Å². The van der Waals surface area contributed by atoms with Crippen molar-refractivity contribution in [1.29, 1.82) is 0 Å². The normalized spacial score (nSPS) is 13.2. The molecule has 1 aliphatic rings. The van der Waals surface area contributed by atoms with Gasteiger partial charge in [-0.1, -0.05) is 11.6 Å². The molecule has 124 valence electrons. The molecule has 1 saturated carbocycles. The molecule has 7 heteroatoms. The predicted molar refractivity (Wildman–Crippen MR) is 104 cm³/mol. The molecule has 0 aromatic heterocycles. The van der Waals surface area contributed by atoms with Crippen LogP contribution in [-0.2, 0) is 0 Å². The maximum Gasteiger partial charge on any atom is 0.319 e. The maximum absolute atomic E-state index is 12.3. The Kier molecular flexibility index (Phi) is 5.25. The van der Waals surface area contributed by atoms with Crippen molar-refractivity contribution in [1.82, 2.24) is 5.32 Å². The summed E-state index contributed by atoms with van der Waals surface area (Å²) in [5, 5.41) is 9.03. The Labute approximate surface area is 158 Å². The van der Waals surface area contributed by atoms with E-state index in [1.54, 1.807) is 42.5 Å². The molecule has 1 fully saturated rings. The molecule has 0 saturated heterocycles. The molecule has 0 bridgehead atoms. The molecular formula is C17H15ClIN3O2. The quantitative estimate of drug-likeness (QED) is 0.595. The summed E-state index contributed by atoms with van der Waals surface area (Å²) >= 11 is 7.98. The van der Waals surface area contributed by atoms with E-state index in [4.69, 9.17) is 11.6 Å². The molecule has 0 spiro atoms. The van der Waals surface area contributed by atoms with E-state index in [0.717, 1.165) is 16.4 Å². The minimum atomic E-state index is -0.205. The summed E-state index contributed by atoms with van der Waals surface area (Å²) in [6, 6.07) is 12.2. The van der Waals surface area contributed by atoms with Crippen molar-refractivity contribution in [3.63, 3.8) is 0 Å². The lowest BCUT2D eigenvalue weighted by Gasteiger charge is -2.09. The first-order valence-corrected chi connectivity index (χ1v) is 8.91. The molecule has 3 rings (SSSR count). The first kappa shape index (κ1) is 17.0. The van der Waals surface area contributed by atoms with Gasteiger partial charge in [-0.25, -0.2) is 4.79 Å². The molecule has 2 aromatic rings. The fraction of sp³-hybridized carbons (Fsp3) is 0.176. The van der Waals surface area contributed by atoms with Crippen LogP contribution in [0.1, 0.15) is 23.2 Å². The average Bonchev–Trinajstić information content (AvgIpc) is 3.33. The third-order valence-corrected chi connectivity index (χ3v) is 4.62. The molecule has 1 aliphatic carbocycles. The highest BCUT2D eigenvalue weighted by atomic mass is 127. The number of carbonyl (C=O) groups is 2. The lowest BCUT2D eigenvalue weighted by atomic mass is 10.2. The lowest BCUT2D eigenvalue weighted by Crippen LogP contribution is -2.30. The standard InChI is InChI=1S/C17H15ClIN3O2/c18-10-1-8-14(15(19)9-10)16(23)20-11-2-4-12(5-3-11)21-17(24)22-13-6-7-13/h1-5,8-9,13H,6-7H2,(H,20,23)(H2,21,22,24). The Hall–Kier alpha value is -1.80. The van der Waals surface area contributed by atoms with E-state index in [0.29, 0.717) is 28.0 Å². The van der Waals surface area contributed by atoms with Gasteiger partial charge in [-0.05, 0) is 77.9 Å². The molecule has 0 radical (unpaired) electrons. The first-order chi connectivity index (χ1) is 11.5. The van der Waals surface area contributed by atoms with Crippen LogP contribution in [0.4, 0.5) is 16.2 Å². The second kappa shape index (κ2) is 7.40. The summed E-state index contributed by atoms with van der Waals surface area (Å²) in [5.41, 5.74) is 1.89. The van der Waals surface area contributed by atoms with E-state index in [1.807, 2.05) is 0 Å². The number of anilines is 2. The second-order valence-electron chi connectivity index (χ2n) is 5.53. The Morgan fingerprint density at radius 2 is 1.62 bits per heavy atom. The van der Waals surface area contributed by atoms with Gasteiger partial charge in [0, 0.05) is 26.0 Å². The zero-order valence-electron chi connectivity index (χ0n) is 12.6. The van der Waals surface area contributed by atoms with E-state index < -0.39 is 0 Å². The molecule has 0 aliphatic heterocycles. The van der Waals surface area contributed by atoms with Crippen LogP contribution in [-0.4, -0.2) is 18.0 Å². The van der Waals surface area contributed by atoms with Crippen molar-refractivity contribution >= 4 is 57.5 Å². The van der Waals surface area contributed by atoms with Gasteiger partial charge in [-0.15, -0.1) is 0 Å². The van der Waals surface area contributed by atoms with Gasteiger partial charge < -0.3 is 16.0 Å². The van der Waals surface area contributed by atoms with Gasteiger partial charge in [0.2, 0.25) is 0 Å². The highest BCUT2D eigenvalue weighted by Crippen LogP contribution is 2.21. The van der Waals surface area contributed by atoms with Crippen LogP contribution in [0.3, 0.4) is 0 Å². The molecule has 3 amide bonds. The van der Waals surface area contributed by atoms with Crippen molar-refractivity contribution in [2.75, 3.05) is 10.6 Å². The van der Waals surface area contributed by atoms with Gasteiger partial charge in [0.15, 0.2) is 0 Å². The first-order valence-electron chi connectivity index (χ1n) is 7.45. The summed E-state index contributed by atoms with van der Waals surface area (Å²) in [6.45, 7) is 0. The van der Waals surface area contributed by atoms with E-state index in [9.17, 15) is 9.59 Å².